The van der Waals surface area contributed by atoms with Crippen LogP contribution in [-0.4, -0.2) is 44.9 Å². The second-order valence-electron chi connectivity index (χ2n) is 8.63. The van der Waals surface area contributed by atoms with Crippen LogP contribution in [0.4, 0.5) is 11.6 Å². The molecule has 0 bridgehead atoms. The van der Waals surface area contributed by atoms with Crippen LogP contribution in [0.15, 0.2) is 42.9 Å². The normalized spacial score (nSPS) is 18.6. The fourth-order valence-corrected chi connectivity index (χ4v) is 4.16. The summed E-state index contributed by atoms with van der Waals surface area (Å²) < 4.78 is 7.48. The Morgan fingerprint density at radius 1 is 1.21 bits per heavy atom. The fourth-order valence-electron chi connectivity index (χ4n) is 4.16. The maximum Gasteiger partial charge on any atom is 0.252 e. The lowest BCUT2D eigenvalue weighted by atomic mass is 9.93. The third kappa shape index (κ3) is 5.41. The van der Waals surface area contributed by atoms with Gasteiger partial charge in [-0.25, -0.2) is 9.97 Å². The van der Waals surface area contributed by atoms with Crippen molar-refractivity contribution < 1.29 is 9.53 Å². The molecule has 1 aromatic carbocycles. The van der Waals surface area contributed by atoms with Gasteiger partial charge in [0.2, 0.25) is 5.95 Å². The molecule has 2 aromatic heterocycles. The van der Waals surface area contributed by atoms with Gasteiger partial charge in [-0.05, 0) is 57.2 Å². The maximum absolute atomic E-state index is 12.2. The molecule has 1 fully saturated rings. The number of nitrogens with zero attached hydrogens (tertiary/aromatic N) is 5. The number of hydrogen-bond acceptors (Lipinski definition) is 7. The Morgan fingerprint density at radius 2 is 1.94 bits per heavy atom. The lowest BCUT2D eigenvalue weighted by molar-refractivity contribution is 0.0568. The van der Waals surface area contributed by atoms with Crippen LogP contribution in [-0.2, 0) is 4.74 Å². The first-order valence-corrected chi connectivity index (χ1v) is 11.5. The van der Waals surface area contributed by atoms with Crippen molar-refractivity contribution in [3.8, 4) is 17.3 Å². The molecule has 1 atom stereocenters. The van der Waals surface area contributed by atoms with Crippen LogP contribution in [0.25, 0.3) is 11.3 Å². The van der Waals surface area contributed by atoms with Gasteiger partial charge >= 0.3 is 0 Å². The van der Waals surface area contributed by atoms with Crippen molar-refractivity contribution in [1.29, 1.82) is 5.26 Å². The highest BCUT2D eigenvalue weighted by atomic mass is 16.5. The summed E-state index contributed by atoms with van der Waals surface area (Å²) >= 11 is 0. The van der Waals surface area contributed by atoms with Crippen LogP contribution in [0.1, 0.15) is 54.6 Å². The van der Waals surface area contributed by atoms with Crippen LogP contribution in [0.5, 0.6) is 0 Å². The molecule has 0 aliphatic heterocycles. The number of amides is 1. The van der Waals surface area contributed by atoms with Crippen LogP contribution < -0.4 is 10.6 Å². The first-order chi connectivity index (χ1) is 16.5. The number of benzene rings is 1. The Morgan fingerprint density at radius 3 is 2.62 bits per heavy atom. The van der Waals surface area contributed by atoms with E-state index in [-0.39, 0.29) is 5.91 Å². The minimum Gasteiger partial charge on any atom is -0.381 e. The summed E-state index contributed by atoms with van der Waals surface area (Å²) in [5.41, 5.74) is 3.90. The van der Waals surface area contributed by atoms with E-state index in [4.69, 9.17) is 15.0 Å². The molecule has 4 rings (SSSR count). The summed E-state index contributed by atoms with van der Waals surface area (Å²) in [5, 5.41) is 19.3. The molecular weight excluding hydrogens is 430 g/mol. The van der Waals surface area contributed by atoms with Crippen molar-refractivity contribution >= 4 is 17.5 Å². The minimum atomic E-state index is -0.547. The zero-order chi connectivity index (χ0) is 24.1. The molecule has 1 aliphatic carbocycles. The number of ether oxygens (including phenoxy) is 1. The number of nitrogens with one attached hydrogen (secondary N) is 2. The molecular formula is C25H29N7O2. The molecule has 2 N–H and O–H groups in total. The number of aryl methyl sites for hydroxylation is 1. The zero-order valence-corrected chi connectivity index (χ0v) is 19.7. The van der Waals surface area contributed by atoms with Gasteiger partial charge in [-0.15, -0.1) is 0 Å². The summed E-state index contributed by atoms with van der Waals surface area (Å²) in [6, 6.07) is 8.97. The Hall–Kier alpha value is -3.77. The van der Waals surface area contributed by atoms with Crippen LogP contribution >= 0.6 is 0 Å². The standard InChI is InChI=1S/C25H29N7O2/c1-16-13-27-25(30-20-14-28-32(15-20)21-8-10-22(34-3)11-9-21)31-23(16)18-4-6-19(7-5-18)24(33)29-17(2)12-26/h4-7,13-15,17,21-22H,8-11H2,1-3H3,(H,29,33)(H,27,30,31)/t17-,21-,22+/m0/s1. The summed E-state index contributed by atoms with van der Waals surface area (Å²) in [4.78, 5) is 21.3. The predicted octanol–water partition coefficient (Wildman–Crippen LogP) is 4.16. The molecule has 3 aromatic rings. The number of rotatable bonds is 7. The Kier molecular flexibility index (Phi) is 7.18. The molecule has 0 saturated heterocycles. The number of hydrogen-bond donors (Lipinski definition) is 2. The highest BCUT2D eigenvalue weighted by Gasteiger charge is 2.22. The number of carbonyl (C=O) groups is 1. The van der Waals surface area contributed by atoms with Gasteiger partial charge in [-0.2, -0.15) is 10.4 Å². The molecule has 0 radical (unpaired) electrons. The highest BCUT2D eigenvalue weighted by molar-refractivity contribution is 5.95. The molecule has 1 aliphatic rings. The second-order valence-corrected chi connectivity index (χ2v) is 8.63. The lowest BCUT2D eigenvalue weighted by Gasteiger charge is -2.27. The monoisotopic (exact) mass is 459 g/mol. The van der Waals surface area contributed by atoms with E-state index in [0.717, 1.165) is 48.2 Å². The van der Waals surface area contributed by atoms with E-state index in [0.29, 0.717) is 23.7 Å². The predicted molar refractivity (Wildman–Crippen MR) is 129 cm³/mol. The number of aromatic nitrogens is 4. The first kappa shape index (κ1) is 23.4. The first-order valence-electron chi connectivity index (χ1n) is 11.5. The van der Waals surface area contributed by atoms with E-state index < -0.39 is 6.04 Å². The third-order valence-electron chi connectivity index (χ3n) is 6.14. The van der Waals surface area contributed by atoms with Crippen molar-refractivity contribution in [2.75, 3.05) is 12.4 Å². The van der Waals surface area contributed by atoms with Gasteiger partial charge in [-0.1, -0.05) is 12.1 Å². The zero-order valence-electron chi connectivity index (χ0n) is 19.7. The quantitative estimate of drug-likeness (QED) is 0.544. The van der Waals surface area contributed by atoms with Crippen molar-refractivity contribution in [1.82, 2.24) is 25.1 Å². The van der Waals surface area contributed by atoms with Crippen molar-refractivity contribution in [3.63, 3.8) is 0 Å². The largest absolute Gasteiger partial charge is 0.381 e. The van der Waals surface area contributed by atoms with E-state index in [1.54, 1.807) is 38.6 Å². The van der Waals surface area contributed by atoms with Gasteiger partial charge in [0.05, 0.1) is 35.8 Å². The van der Waals surface area contributed by atoms with Crippen LogP contribution in [0, 0.1) is 18.3 Å². The molecule has 9 nitrogen and oxygen atoms in total. The number of nitriles is 1. The van der Waals surface area contributed by atoms with Gasteiger partial charge in [-0.3, -0.25) is 9.48 Å². The van der Waals surface area contributed by atoms with Crippen molar-refractivity contribution in [2.24, 2.45) is 0 Å². The van der Waals surface area contributed by atoms with Crippen molar-refractivity contribution in [3.05, 3.63) is 54.0 Å². The fraction of sp³-hybridized carbons (Fsp3) is 0.400. The third-order valence-corrected chi connectivity index (χ3v) is 6.14. The van der Waals surface area contributed by atoms with Gasteiger partial charge in [0.25, 0.3) is 5.91 Å². The Bertz CT molecular complexity index is 1170. The van der Waals surface area contributed by atoms with Gasteiger partial charge in [0.15, 0.2) is 0 Å². The van der Waals surface area contributed by atoms with Gasteiger partial charge in [0, 0.05) is 30.6 Å². The summed E-state index contributed by atoms with van der Waals surface area (Å²) in [6.07, 6.45) is 10.1. The van der Waals surface area contributed by atoms with Crippen LogP contribution in [0.2, 0.25) is 0 Å². The lowest BCUT2D eigenvalue weighted by Crippen LogP contribution is -2.31. The molecule has 0 spiro atoms. The molecule has 34 heavy (non-hydrogen) atoms. The molecule has 0 unspecified atom stereocenters. The smallest absolute Gasteiger partial charge is 0.252 e. The summed E-state index contributed by atoms with van der Waals surface area (Å²) in [5.74, 6) is 0.197. The molecule has 9 heteroatoms. The van der Waals surface area contributed by atoms with E-state index in [9.17, 15) is 4.79 Å². The second kappa shape index (κ2) is 10.4. The van der Waals surface area contributed by atoms with Gasteiger partial charge < -0.3 is 15.4 Å². The maximum atomic E-state index is 12.2. The Balaban J connectivity index is 1.45. The average Bonchev–Trinajstić information content (AvgIpc) is 3.33. The van der Waals surface area contributed by atoms with Gasteiger partial charge in [0.1, 0.15) is 6.04 Å². The van der Waals surface area contributed by atoms with E-state index >= 15 is 0 Å². The SMILES string of the molecule is CO[C@H]1CC[C@@H](n2cc(Nc3ncc(C)c(-c4ccc(C(=O)N[C@@H](C)C#N)cc4)n3)cn2)CC1. The topological polar surface area (TPSA) is 118 Å². The van der Waals surface area contributed by atoms with Crippen LogP contribution in [0.3, 0.4) is 0 Å². The molecule has 176 valence electrons. The number of carbonyl (C=O) groups excluding carboxylic acids is 1. The van der Waals surface area contributed by atoms with Crippen molar-refractivity contribution in [2.45, 2.75) is 57.7 Å². The Labute approximate surface area is 199 Å². The molecule has 1 amide bonds. The van der Waals surface area contributed by atoms with E-state index in [2.05, 4.69) is 20.7 Å². The molecule has 1 saturated carbocycles. The van der Waals surface area contributed by atoms with E-state index in [1.807, 2.05) is 36.0 Å². The number of anilines is 2. The minimum absolute atomic E-state index is 0.282. The average molecular weight is 460 g/mol. The molecule has 2 heterocycles. The summed E-state index contributed by atoms with van der Waals surface area (Å²) in [7, 11) is 1.78. The van der Waals surface area contributed by atoms with E-state index in [1.165, 1.54) is 0 Å². The summed E-state index contributed by atoms with van der Waals surface area (Å²) in [6.45, 7) is 3.59. The number of methoxy groups -OCH3 is 1. The highest BCUT2D eigenvalue weighted by Crippen LogP contribution is 2.30.